The van der Waals surface area contributed by atoms with Crippen LogP contribution in [0.15, 0.2) is 42.5 Å². The summed E-state index contributed by atoms with van der Waals surface area (Å²) in [6.07, 6.45) is 6.54. The zero-order valence-electron chi connectivity index (χ0n) is 16.2. The molecule has 0 saturated heterocycles. The smallest absolute Gasteiger partial charge is 0.194 e. The predicted molar refractivity (Wildman–Crippen MR) is 108 cm³/mol. The molecular weight excluding hydrogens is 357 g/mol. The lowest BCUT2D eigenvalue weighted by Crippen LogP contribution is -2.16. The van der Waals surface area contributed by atoms with Gasteiger partial charge in [-0.1, -0.05) is 56.2 Å². The van der Waals surface area contributed by atoms with Crippen LogP contribution in [-0.2, 0) is 19.3 Å². The molecule has 3 heteroatoms. The molecule has 0 bridgehead atoms. The Morgan fingerprint density at radius 1 is 0.893 bits per heavy atom. The summed E-state index contributed by atoms with van der Waals surface area (Å²) in [5.74, 6) is -3.25. The lowest BCUT2D eigenvalue weighted by atomic mass is 9.79. The van der Waals surface area contributed by atoms with Crippen molar-refractivity contribution in [2.24, 2.45) is 0 Å². The molecule has 0 aliphatic heterocycles. The molecule has 0 nitrogen and oxygen atoms in total. The van der Waals surface area contributed by atoms with Gasteiger partial charge >= 0.3 is 0 Å². The zero-order valence-corrected chi connectivity index (χ0v) is 16.2. The fraction of sp³-hybridized carbons (Fsp3) is 0.360. The van der Waals surface area contributed by atoms with Gasteiger partial charge < -0.3 is 0 Å². The van der Waals surface area contributed by atoms with Gasteiger partial charge in [0.1, 0.15) is 0 Å². The molecule has 1 aliphatic rings. The molecule has 4 rings (SSSR count). The minimum Gasteiger partial charge on any atom is -0.204 e. The van der Waals surface area contributed by atoms with Gasteiger partial charge in [-0.3, -0.25) is 0 Å². The molecule has 0 N–H and O–H groups in total. The predicted octanol–water partition coefficient (Wildman–Crippen LogP) is 7.26. The van der Waals surface area contributed by atoms with Gasteiger partial charge in [-0.15, -0.1) is 0 Å². The number of fused-ring (bicyclic) bond motifs is 2. The lowest BCUT2D eigenvalue weighted by molar-refractivity contribution is 0.428. The third kappa shape index (κ3) is 3.67. The highest BCUT2D eigenvalue weighted by Crippen LogP contribution is 2.36. The number of rotatable bonds is 5. The van der Waals surface area contributed by atoms with E-state index >= 15 is 0 Å². The van der Waals surface area contributed by atoms with Crippen LogP contribution in [0.4, 0.5) is 13.2 Å². The van der Waals surface area contributed by atoms with Crippen LogP contribution in [0, 0.1) is 17.5 Å². The van der Waals surface area contributed by atoms with Crippen LogP contribution >= 0.6 is 0 Å². The van der Waals surface area contributed by atoms with Gasteiger partial charge in [0.15, 0.2) is 17.5 Å². The molecular formula is C25H25F3. The van der Waals surface area contributed by atoms with E-state index in [1.807, 2.05) is 0 Å². The summed E-state index contributed by atoms with van der Waals surface area (Å²) in [4.78, 5) is 0. The van der Waals surface area contributed by atoms with E-state index in [0.717, 1.165) is 12.8 Å². The van der Waals surface area contributed by atoms with Gasteiger partial charge in [0.2, 0.25) is 0 Å². The third-order valence-electron chi connectivity index (χ3n) is 6.03. The molecule has 0 radical (unpaired) electrons. The third-order valence-corrected chi connectivity index (χ3v) is 6.03. The van der Waals surface area contributed by atoms with E-state index < -0.39 is 17.5 Å². The fourth-order valence-corrected chi connectivity index (χ4v) is 4.41. The highest BCUT2D eigenvalue weighted by molar-refractivity contribution is 5.84. The molecule has 3 aromatic rings. The molecule has 1 aliphatic carbocycles. The molecule has 0 fully saturated rings. The van der Waals surface area contributed by atoms with E-state index in [2.05, 4.69) is 43.3 Å². The molecule has 0 spiro atoms. The normalized spacial score (nSPS) is 16.4. The Morgan fingerprint density at radius 3 is 2.50 bits per heavy atom. The van der Waals surface area contributed by atoms with Crippen molar-refractivity contribution < 1.29 is 13.2 Å². The van der Waals surface area contributed by atoms with Gasteiger partial charge in [0.25, 0.3) is 0 Å². The number of benzene rings is 3. The first kappa shape index (κ1) is 19.0. The van der Waals surface area contributed by atoms with E-state index in [9.17, 15) is 13.2 Å². The summed E-state index contributed by atoms with van der Waals surface area (Å²) in [7, 11) is 0. The molecule has 0 aromatic heterocycles. The van der Waals surface area contributed by atoms with Crippen LogP contribution in [0.2, 0.25) is 0 Å². The molecule has 146 valence electrons. The number of aryl methyl sites for hydroxylation is 1. The van der Waals surface area contributed by atoms with Crippen LogP contribution in [0.25, 0.3) is 10.8 Å². The van der Waals surface area contributed by atoms with E-state index in [-0.39, 0.29) is 5.92 Å². The van der Waals surface area contributed by atoms with Gasteiger partial charge in [0, 0.05) is 0 Å². The maximum Gasteiger partial charge on any atom is 0.194 e. The van der Waals surface area contributed by atoms with Crippen LogP contribution < -0.4 is 0 Å². The van der Waals surface area contributed by atoms with Crippen molar-refractivity contribution in [3.05, 3.63) is 82.2 Å². The van der Waals surface area contributed by atoms with Crippen molar-refractivity contribution in [1.82, 2.24) is 0 Å². The Morgan fingerprint density at radius 2 is 1.68 bits per heavy atom. The van der Waals surface area contributed by atoms with Crippen molar-refractivity contribution in [3.63, 3.8) is 0 Å². The number of hydrogen-bond donors (Lipinski definition) is 0. The average molecular weight is 382 g/mol. The quantitative estimate of drug-likeness (QED) is 0.322. The summed E-state index contributed by atoms with van der Waals surface area (Å²) in [5.41, 5.74) is 3.49. The van der Waals surface area contributed by atoms with Crippen LogP contribution in [0.5, 0.6) is 0 Å². The van der Waals surface area contributed by atoms with Gasteiger partial charge in [-0.2, -0.15) is 0 Å². The van der Waals surface area contributed by atoms with Crippen molar-refractivity contribution in [3.8, 4) is 0 Å². The summed E-state index contributed by atoms with van der Waals surface area (Å²) >= 11 is 0. The Bertz CT molecular complexity index is 1010. The summed E-state index contributed by atoms with van der Waals surface area (Å²) in [6, 6.07) is 14.3. The highest BCUT2D eigenvalue weighted by atomic mass is 19.2. The summed E-state index contributed by atoms with van der Waals surface area (Å²) in [5, 5.41) is 2.42. The zero-order chi connectivity index (χ0) is 19.7. The Hall–Kier alpha value is -2.29. The summed E-state index contributed by atoms with van der Waals surface area (Å²) < 4.78 is 41.1. The second-order valence-corrected chi connectivity index (χ2v) is 7.96. The van der Waals surface area contributed by atoms with Gasteiger partial charge in [0.05, 0.1) is 0 Å². The van der Waals surface area contributed by atoms with E-state index in [4.69, 9.17) is 0 Å². The Balaban J connectivity index is 1.57. The molecule has 0 saturated carbocycles. The van der Waals surface area contributed by atoms with Crippen molar-refractivity contribution >= 4 is 10.8 Å². The molecule has 28 heavy (non-hydrogen) atoms. The first-order valence-corrected chi connectivity index (χ1v) is 10.2. The van der Waals surface area contributed by atoms with Crippen molar-refractivity contribution in [2.45, 2.75) is 57.8 Å². The van der Waals surface area contributed by atoms with Crippen molar-refractivity contribution in [2.75, 3.05) is 0 Å². The Labute approximate surface area is 164 Å². The first-order valence-electron chi connectivity index (χ1n) is 10.2. The van der Waals surface area contributed by atoms with Crippen molar-refractivity contribution in [1.29, 1.82) is 0 Å². The van der Waals surface area contributed by atoms with Gasteiger partial charge in [-0.05, 0) is 77.1 Å². The topological polar surface area (TPSA) is 0 Å². The lowest BCUT2D eigenvalue weighted by Gasteiger charge is -2.26. The molecule has 1 atom stereocenters. The maximum absolute atomic E-state index is 14.0. The standard InChI is InChI=1S/C25H25F3/c1-2-3-4-5-16-6-7-18-13-19(9-8-17(18)12-16)20-10-11-22-21(14-20)15-23(26)25(28)24(22)27/h6-9,12-13,15,20H,2-5,10-11,14H2,1H3. The minimum absolute atomic E-state index is 0.199. The average Bonchev–Trinajstić information content (AvgIpc) is 2.71. The summed E-state index contributed by atoms with van der Waals surface area (Å²) in [6.45, 7) is 2.21. The first-order chi connectivity index (χ1) is 13.6. The highest BCUT2D eigenvalue weighted by Gasteiger charge is 2.26. The van der Waals surface area contributed by atoms with Gasteiger partial charge in [-0.25, -0.2) is 13.2 Å². The molecule has 0 heterocycles. The molecule has 0 amide bonds. The Kier molecular flexibility index (Phi) is 5.43. The van der Waals surface area contributed by atoms with E-state index in [1.165, 1.54) is 47.2 Å². The SMILES string of the molecule is CCCCCc1ccc2cc(C3CCc4c(cc(F)c(F)c4F)C3)ccc2c1. The second kappa shape index (κ2) is 7.98. The van der Waals surface area contributed by atoms with Crippen LogP contribution in [0.1, 0.15) is 60.8 Å². The van der Waals surface area contributed by atoms with E-state index in [0.29, 0.717) is 24.0 Å². The number of halogens is 3. The maximum atomic E-state index is 14.0. The second-order valence-electron chi connectivity index (χ2n) is 7.96. The van der Waals surface area contributed by atoms with E-state index in [1.54, 1.807) is 0 Å². The fourth-order valence-electron chi connectivity index (χ4n) is 4.41. The minimum atomic E-state index is -1.35. The van der Waals surface area contributed by atoms with Crippen LogP contribution in [-0.4, -0.2) is 0 Å². The number of hydrogen-bond acceptors (Lipinski definition) is 0. The largest absolute Gasteiger partial charge is 0.204 e. The molecule has 3 aromatic carbocycles. The number of unbranched alkanes of at least 4 members (excludes halogenated alkanes) is 2. The van der Waals surface area contributed by atoms with Crippen LogP contribution in [0.3, 0.4) is 0 Å². The monoisotopic (exact) mass is 382 g/mol. The molecule has 1 unspecified atom stereocenters.